The molecule has 1 aliphatic heterocycles. The predicted molar refractivity (Wildman–Crippen MR) is 229 cm³/mol. The second-order valence-electron chi connectivity index (χ2n) is 15.5. The molecule has 0 unspecified atom stereocenters. The number of nitrogens with zero attached hydrogens (tertiary/aromatic N) is 1. The van der Waals surface area contributed by atoms with Gasteiger partial charge in [0, 0.05) is 13.0 Å². The van der Waals surface area contributed by atoms with Gasteiger partial charge in [0.15, 0.2) is 5.78 Å². The molecular weight excluding hydrogens is 783 g/mol. The van der Waals surface area contributed by atoms with Gasteiger partial charge < -0.3 is 34.3 Å². The van der Waals surface area contributed by atoms with Crippen molar-refractivity contribution in [1.29, 1.82) is 0 Å². The van der Waals surface area contributed by atoms with Crippen LogP contribution in [0.5, 0.6) is 5.75 Å². The van der Waals surface area contributed by atoms with Gasteiger partial charge in [-0.3, -0.25) is 29.3 Å². The van der Waals surface area contributed by atoms with Crippen LogP contribution < -0.4 is 15.4 Å². The van der Waals surface area contributed by atoms with E-state index in [1.807, 2.05) is 38.1 Å². The first-order valence-corrected chi connectivity index (χ1v) is 20.6. The summed E-state index contributed by atoms with van der Waals surface area (Å²) < 4.78 is 21.2. The summed E-state index contributed by atoms with van der Waals surface area (Å²) in [4.78, 5) is 79.1. The highest BCUT2D eigenvalue weighted by Gasteiger charge is 2.31. The number of rotatable bonds is 21. The number of aliphatic hydroxyl groups excluding tert-OH is 1. The lowest BCUT2D eigenvalue weighted by molar-refractivity contribution is -0.146. The van der Waals surface area contributed by atoms with Crippen molar-refractivity contribution in [3.63, 3.8) is 0 Å². The lowest BCUT2D eigenvalue weighted by atomic mass is 9.91. The average Bonchev–Trinajstić information content (AvgIpc) is 3.26. The van der Waals surface area contributed by atoms with Crippen LogP contribution in [0.15, 0.2) is 73.3 Å². The number of aryl methyl sites for hydroxylation is 2. The number of likely N-dealkylation sites (tertiary alicyclic amines) is 1. The van der Waals surface area contributed by atoms with Crippen molar-refractivity contribution in [2.45, 2.75) is 90.8 Å². The van der Waals surface area contributed by atoms with E-state index in [2.05, 4.69) is 17.2 Å². The summed E-state index contributed by atoms with van der Waals surface area (Å²) >= 11 is 0. The minimum Gasteiger partial charge on any atom is -0.496 e. The van der Waals surface area contributed by atoms with Gasteiger partial charge in [-0.2, -0.15) is 0 Å². The third-order valence-electron chi connectivity index (χ3n) is 10.7. The molecule has 14 nitrogen and oxygen atoms in total. The quantitative estimate of drug-likeness (QED) is 0.0655. The first-order valence-electron chi connectivity index (χ1n) is 20.6. The zero-order valence-electron chi connectivity index (χ0n) is 35.8. The molecule has 14 heteroatoms. The van der Waals surface area contributed by atoms with Gasteiger partial charge in [-0.1, -0.05) is 75.0 Å². The van der Waals surface area contributed by atoms with E-state index in [4.69, 9.17) is 18.9 Å². The number of aliphatic hydroxyl groups is 1. The van der Waals surface area contributed by atoms with Crippen LogP contribution in [0.25, 0.3) is 0 Å². The Bertz CT molecular complexity index is 2010. The van der Waals surface area contributed by atoms with Crippen LogP contribution in [0.1, 0.15) is 84.6 Å². The number of hydrogen-bond donors (Lipinski definition) is 3. The molecule has 3 amide bonds. The van der Waals surface area contributed by atoms with E-state index in [-0.39, 0.29) is 80.0 Å². The molecule has 0 aliphatic carbocycles. The second-order valence-corrected chi connectivity index (χ2v) is 15.5. The summed E-state index contributed by atoms with van der Waals surface area (Å²) in [5, 5.41) is 15.6. The standard InChI is InChI=1S/C47H59N3O11/c1-7-21-60-44(54)27-38(30(2)3)45(55)48-31(4)41(52)23-33-14-16-34(17-15-33)29-61-47(57)49-40-25-36(19-18-32-11-10-12-35(22-32)24-43(53)59-6)42(58-5)26-39(40)46(56)50-20-9-8-13-37(50)28-51/h7,10-12,14-17,22,25-26,30-31,37-38,51H,1,8-9,13,18-21,23-24,27-29H2,2-6H3,(H,48,55)(H,49,57)/t31-,37-,38-/m0/s1. The van der Waals surface area contributed by atoms with Crippen molar-refractivity contribution in [2.24, 2.45) is 11.8 Å². The predicted octanol–water partition coefficient (Wildman–Crippen LogP) is 5.94. The van der Waals surface area contributed by atoms with E-state index in [9.17, 15) is 33.9 Å². The smallest absolute Gasteiger partial charge is 0.411 e. The number of carbonyl (C=O) groups excluding carboxylic acids is 6. The minimum atomic E-state index is -0.798. The number of ketones is 1. The Morgan fingerprint density at radius 2 is 1.59 bits per heavy atom. The molecule has 4 rings (SSSR count). The van der Waals surface area contributed by atoms with Gasteiger partial charge in [0.05, 0.1) is 62.9 Å². The maximum absolute atomic E-state index is 14.1. The molecule has 328 valence electrons. The Kier molecular flexibility index (Phi) is 18.5. The summed E-state index contributed by atoms with van der Waals surface area (Å²) in [7, 11) is 2.86. The van der Waals surface area contributed by atoms with Gasteiger partial charge in [0.25, 0.3) is 5.91 Å². The number of Topliss-reactive ketones (excluding diaryl/α,β-unsaturated/α-hetero) is 1. The molecule has 3 atom stereocenters. The highest BCUT2D eigenvalue weighted by atomic mass is 16.5. The summed E-state index contributed by atoms with van der Waals surface area (Å²) in [6, 6.07) is 16.7. The number of nitrogens with one attached hydrogen (secondary N) is 2. The zero-order chi connectivity index (χ0) is 44.5. The van der Waals surface area contributed by atoms with Gasteiger partial charge >= 0.3 is 18.0 Å². The summed E-state index contributed by atoms with van der Waals surface area (Å²) in [5.41, 5.74) is 4.29. The lowest BCUT2D eigenvalue weighted by Crippen LogP contribution is -2.45. The van der Waals surface area contributed by atoms with Crippen LogP contribution in [0, 0.1) is 11.8 Å². The molecule has 1 heterocycles. The molecule has 61 heavy (non-hydrogen) atoms. The number of piperidine rings is 1. The summed E-state index contributed by atoms with van der Waals surface area (Å²) in [5.74, 6) is -2.19. The number of hydrogen-bond acceptors (Lipinski definition) is 11. The average molecular weight is 842 g/mol. The molecule has 0 saturated carbocycles. The van der Waals surface area contributed by atoms with Gasteiger partial charge in [-0.15, -0.1) is 0 Å². The first-order chi connectivity index (χ1) is 29.3. The lowest BCUT2D eigenvalue weighted by Gasteiger charge is -2.35. The molecule has 3 aromatic rings. The highest BCUT2D eigenvalue weighted by Crippen LogP contribution is 2.32. The third kappa shape index (κ3) is 14.3. The fourth-order valence-electron chi connectivity index (χ4n) is 7.14. The molecule has 3 aromatic carbocycles. The normalized spacial score (nSPS) is 14.6. The number of benzene rings is 3. The van der Waals surface area contributed by atoms with Crippen LogP contribution in [0.3, 0.4) is 0 Å². The maximum Gasteiger partial charge on any atom is 0.411 e. The SMILES string of the molecule is C=CCOC(=O)C[C@H](C(=O)N[C@@H](C)C(=O)Cc1ccc(COC(=O)Nc2cc(CCc3cccc(CC(=O)OC)c3)c(OC)cc2C(=O)N2CCCC[C@H]2CO)cc1)C(C)C. The second kappa shape index (κ2) is 23.7. The largest absolute Gasteiger partial charge is 0.496 e. The number of amides is 3. The molecule has 1 fully saturated rings. The first kappa shape index (κ1) is 47.7. The van der Waals surface area contributed by atoms with Crippen molar-refractivity contribution in [3.8, 4) is 5.75 Å². The molecule has 0 spiro atoms. The topological polar surface area (TPSA) is 187 Å². The Balaban J connectivity index is 1.43. The number of anilines is 1. The van der Waals surface area contributed by atoms with E-state index in [1.165, 1.54) is 20.3 Å². The number of esters is 2. The molecule has 0 radical (unpaired) electrons. The van der Waals surface area contributed by atoms with E-state index < -0.39 is 29.9 Å². The molecule has 1 saturated heterocycles. The van der Waals surface area contributed by atoms with Crippen LogP contribution >= 0.6 is 0 Å². The monoisotopic (exact) mass is 841 g/mol. The van der Waals surface area contributed by atoms with Crippen LogP contribution in [-0.2, 0) is 65.7 Å². The number of ether oxygens (including phenoxy) is 4. The Morgan fingerprint density at radius 3 is 2.26 bits per heavy atom. The van der Waals surface area contributed by atoms with Gasteiger partial charge in [-0.05, 0) is 84.9 Å². The van der Waals surface area contributed by atoms with E-state index >= 15 is 0 Å². The molecule has 0 aromatic heterocycles. The number of carbonyl (C=O) groups is 6. The zero-order valence-corrected chi connectivity index (χ0v) is 35.8. The maximum atomic E-state index is 14.1. The Morgan fingerprint density at radius 1 is 0.869 bits per heavy atom. The molecule has 1 aliphatic rings. The Labute approximate surface area is 358 Å². The van der Waals surface area contributed by atoms with E-state index in [1.54, 1.807) is 48.2 Å². The fraction of sp³-hybridized carbons (Fsp3) is 0.447. The summed E-state index contributed by atoms with van der Waals surface area (Å²) in [6.07, 6.45) is 4.13. The van der Waals surface area contributed by atoms with Crippen LogP contribution in [-0.4, -0.2) is 91.7 Å². The van der Waals surface area contributed by atoms with Gasteiger partial charge in [-0.25, -0.2) is 4.79 Å². The molecule has 0 bridgehead atoms. The van der Waals surface area contributed by atoms with Crippen molar-refractivity contribution >= 4 is 41.3 Å². The molecular formula is C47H59N3O11. The van der Waals surface area contributed by atoms with Crippen molar-refractivity contribution < 1.29 is 52.8 Å². The highest BCUT2D eigenvalue weighted by molar-refractivity contribution is 6.03. The fourth-order valence-corrected chi connectivity index (χ4v) is 7.14. The van der Waals surface area contributed by atoms with Crippen LogP contribution in [0.2, 0.25) is 0 Å². The Hall–Kier alpha value is -6.02. The molecule has 3 N–H and O–H groups in total. The van der Waals surface area contributed by atoms with Crippen molar-refractivity contribution in [1.82, 2.24) is 10.2 Å². The minimum absolute atomic E-state index is 0.0421. The number of methoxy groups -OCH3 is 2. The van der Waals surface area contributed by atoms with E-state index in [0.717, 1.165) is 29.5 Å². The van der Waals surface area contributed by atoms with Gasteiger partial charge in [0.2, 0.25) is 5.91 Å². The van der Waals surface area contributed by atoms with E-state index in [0.29, 0.717) is 42.7 Å². The van der Waals surface area contributed by atoms with Crippen LogP contribution in [0.4, 0.5) is 10.5 Å². The van der Waals surface area contributed by atoms with Crippen molar-refractivity contribution in [3.05, 3.63) is 107 Å². The van der Waals surface area contributed by atoms with Crippen molar-refractivity contribution in [2.75, 3.05) is 39.3 Å². The third-order valence-corrected chi connectivity index (χ3v) is 10.7. The van der Waals surface area contributed by atoms with Gasteiger partial charge in [0.1, 0.15) is 19.0 Å². The summed E-state index contributed by atoms with van der Waals surface area (Å²) in [6.45, 7) is 8.99.